The molecule has 2 unspecified atom stereocenters. The molecule has 0 radical (unpaired) electrons. The molecule has 6 heteroatoms. The summed E-state index contributed by atoms with van der Waals surface area (Å²) < 4.78 is 24.6. The molecule has 0 aromatic heterocycles. The van der Waals surface area contributed by atoms with Gasteiger partial charge in [0, 0.05) is 18.2 Å². The minimum absolute atomic E-state index is 0.0156. The second-order valence-electron chi connectivity index (χ2n) is 5.25. The zero-order valence-electron chi connectivity index (χ0n) is 13.0. The van der Waals surface area contributed by atoms with Gasteiger partial charge in [-0.25, -0.2) is 4.39 Å². The number of rotatable bonds is 6. The Hall–Kier alpha value is -2.26. The van der Waals surface area contributed by atoms with E-state index in [4.69, 9.17) is 9.47 Å². The zero-order chi connectivity index (χ0) is 16.7. The molecule has 0 aliphatic carbocycles. The van der Waals surface area contributed by atoms with Gasteiger partial charge in [-0.1, -0.05) is 18.2 Å². The molecule has 0 spiro atoms. The topological polar surface area (TPSA) is 71.7 Å². The molecule has 0 saturated heterocycles. The maximum absolute atomic E-state index is 14.3. The maximum atomic E-state index is 14.3. The number of benzene rings is 1. The molecular weight excluding hydrogens is 299 g/mol. The van der Waals surface area contributed by atoms with Crippen molar-refractivity contribution in [3.05, 3.63) is 35.6 Å². The Bertz CT molecular complexity index is 627. The highest BCUT2D eigenvalue weighted by Crippen LogP contribution is 2.37. The normalized spacial score (nSPS) is 19.6. The van der Waals surface area contributed by atoms with Crippen molar-refractivity contribution >= 4 is 12.2 Å². The maximum Gasteiger partial charge on any atom is 0.305 e. The number of nitriles is 1. The van der Waals surface area contributed by atoms with Crippen LogP contribution in [0.25, 0.3) is 0 Å². The molecule has 1 heterocycles. The lowest BCUT2D eigenvalue weighted by Crippen LogP contribution is -2.43. The molecule has 0 bridgehead atoms. The van der Waals surface area contributed by atoms with Crippen LogP contribution in [0.4, 0.5) is 4.39 Å². The molecule has 1 aromatic rings. The zero-order valence-corrected chi connectivity index (χ0v) is 13.0. The molecule has 0 N–H and O–H groups in total. The molecular formula is C17H19FN2O3. The lowest BCUT2D eigenvalue weighted by Gasteiger charge is -2.34. The summed E-state index contributed by atoms with van der Waals surface area (Å²) in [6.45, 7) is 2.56. The highest BCUT2D eigenvalue weighted by atomic mass is 19.1. The number of hydrogen-bond donors (Lipinski definition) is 0. The molecule has 122 valence electrons. The van der Waals surface area contributed by atoms with E-state index in [2.05, 4.69) is 11.1 Å². The van der Waals surface area contributed by atoms with Gasteiger partial charge < -0.3 is 9.47 Å². The Kier molecular flexibility index (Phi) is 5.83. The van der Waals surface area contributed by atoms with Gasteiger partial charge in [0.2, 0.25) is 0 Å². The Morgan fingerprint density at radius 1 is 1.57 bits per heavy atom. The summed E-state index contributed by atoms with van der Waals surface area (Å²) in [5, 5.41) is 9.85. The number of aliphatic imine (C=N–C) groups is 1. The minimum atomic E-state index is -1.27. The van der Waals surface area contributed by atoms with Gasteiger partial charge in [-0.15, -0.1) is 0 Å². The van der Waals surface area contributed by atoms with Crippen LogP contribution in [0.5, 0.6) is 0 Å². The standard InChI is InChI=1S/C17H19FN2O3/c1-2-23-16(21)7-8-17(12-19,15-11-22-10-9-20-15)13-5-3-4-6-14(13)18/h3-6,9,15H,2,7-8,10-11H2,1H3. The first-order valence-electron chi connectivity index (χ1n) is 7.55. The lowest BCUT2D eigenvalue weighted by atomic mass is 9.72. The predicted octanol–water partition coefficient (Wildman–Crippen LogP) is 2.40. The quantitative estimate of drug-likeness (QED) is 0.755. The highest BCUT2D eigenvalue weighted by Gasteiger charge is 2.43. The van der Waals surface area contributed by atoms with E-state index in [-0.39, 0.29) is 31.6 Å². The van der Waals surface area contributed by atoms with E-state index in [0.717, 1.165) is 0 Å². The molecule has 1 aliphatic rings. The van der Waals surface area contributed by atoms with Crippen LogP contribution in [0, 0.1) is 17.1 Å². The minimum Gasteiger partial charge on any atom is -0.466 e. The Morgan fingerprint density at radius 2 is 2.35 bits per heavy atom. The summed E-state index contributed by atoms with van der Waals surface area (Å²) in [5.74, 6) is -0.900. The summed E-state index contributed by atoms with van der Waals surface area (Å²) in [5.41, 5.74) is -1.03. The van der Waals surface area contributed by atoms with E-state index in [1.165, 1.54) is 6.07 Å². The number of ether oxygens (including phenoxy) is 2. The number of nitrogens with zero attached hydrogens (tertiary/aromatic N) is 2. The summed E-state index contributed by atoms with van der Waals surface area (Å²) in [6.07, 6.45) is 1.71. The summed E-state index contributed by atoms with van der Waals surface area (Å²) in [6, 6.07) is 7.74. The van der Waals surface area contributed by atoms with E-state index in [1.54, 1.807) is 31.3 Å². The van der Waals surface area contributed by atoms with Gasteiger partial charge in [-0.2, -0.15) is 5.26 Å². The van der Waals surface area contributed by atoms with E-state index >= 15 is 0 Å². The number of esters is 1. The third-order valence-corrected chi connectivity index (χ3v) is 3.91. The monoisotopic (exact) mass is 318 g/mol. The number of halogens is 1. The summed E-state index contributed by atoms with van der Waals surface area (Å²) in [4.78, 5) is 16.0. The average molecular weight is 318 g/mol. The molecule has 1 aliphatic heterocycles. The lowest BCUT2D eigenvalue weighted by molar-refractivity contribution is -0.143. The molecule has 5 nitrogen and oxygen atoms in total. The van der Waals surface area contributed by atoms with Crippen LogP contribution in [0.15, 0.2) is 29.3 Å². The fourth-order valence-corrected chi connectivity index (χ4v) is 2.74. The van der Waals surface area contributed by atoms with Crippen molar-refractivity contribution in [2.45, 2.75) is 31.2 Å². The van der Waals surface area contributed by atoms with Crippen LogP contribution < -0.4 is 0 Å². The number of carbonyl (C=O) groups excluding carboxylic acids is 1. The van der Waals surface area contributed by atoms with Crippen LogP contribution in [-0.4, -0.2) is 38.0 Å². The van der Waals surface area contributed by atoms with Gasteiger partial charge in [0.15, 0.2) is 0 Å². The predicted molar refractivity (Wildman–Crippen MR) is 82.7 cm³/mol. The second-order valence-corrected chi connectivity index (χ2v) is 5.25. The van der Waals surface area contributed by atoms with Crippen LogP contribution in [0.2, 0.25) is 0 Å². The molecule has 0 fully saturated rings. The van der Waals surface area contributed by atoms with Crippen LogP contribution >= 0.6 is 0 Å². The average Bonchev–Trinajstić information content (AvgIpc) is 2.58. The van der Waals surface area contributed by atoms with Gasteiger partial charge in [-0.05, 0) is 19.4 Å². The van der Waals surface area contributed by atoms with Gasteiger partial charge in [0.05, 0.1) is 31.9 Å². The van der Waals surface area contributed by atoms with E-state index in [9.17, 15) is 14.4 Å². The first-order chi connectivity index (χ1) is 11.1. The van der Waals surface area contributed by atoms with Gasteiger partial charge >= 0.3 is 5.97 Å². The summed E-state index contributed by atoms with van der Waals surface area (Å²) >= 11 is 0. The van der Waals surface area contributed by atoms with Crippen molar-refractivity contribution in [3.63, 3.8) is 0 Å². The summed E-state index contributed by atoms with van der Waals surface area (Å²) in [7, 11) is 0. The van der Waals surface area contributed by atoms with Crippen LogP contribution in [-0.2, 0) is 19.7 Å². The third-order valence-electron chi connectivity index (χ3n) is 3.91. The Morgan fingerprint density at radius 3 is 2.96 bits per heavy atom. The molecule has 0 saturated carbocycles. The van der Waals surface area contributed by atoms with Crippen molar-refractivity contribution in [3.8, 4) is 6.07 Å². The van der Waals surface area contributed by atoms with Gasteiger partial charge in [-0.3, -0.25) is 9.79 Å². The molecule has 23 heavy (non-hydrogen) atoms. The van der Waals surface area contributed by atoms with Gasteiger partial charge in [0.25, 0.3) is 0 Å². The first-order valence-corrected chi connectivity index (χ1v) is 7.55. The highest BCUT2D eigenvalue weighted by molar-refractivity contribution is 5.69. The molecule has 2 atom stereocenters. The van der Waals surface area contributed by atoms with Crippen LogP contribution in [0.3, 0.4) is 0 Å². The van der Waals surface area contributed by atoms with Crippen molar-refractivity contribution in [2.24, 2.45) is 4.99 Å². The Labute approximate surface area is 134 Å². The van der Waals surface area contributed by atoms with Crippen molar-refractivity contribution in [1.82, 2.24) is 0 Å². The fraction of sp³-hybridized carbons (Fsp3) is 0.471. The molecule has 2 rings (SSSR count). The van der Waals surface area contributed by atoms with Crippen molar-refractivity contribution in [2.75, 3.05) is 19.8 Å². The smallest absolute Gasteiger partial charge is 0.305 e. The van der Waals surface area contributed by atoms with Crippen LogP contribution in [0.1, 0.15) is 25.3 Å². The molecule has 0 amide bonds. The first kappa shape index (κ1) is 17.1. The fourth-order valence-electron chi connectivity index (χ4n) is 2.74. The van der Waals surface area contributed by atoms with E-state index < -0.39 is 23.2 Å². The van der Waals surface area contributed by atoms with E-state index in [0.29, 0.717) is 6.61 Å². The SMILES string of the molecule is CCOC(=O)CCC(C#N)(c1ccccc1F)C1COCC=N1. The van der Waals surface area contributed by atoms with Gasteiger partial charge in [0.1, 0.15) is 11.2 Å². The number of carbonyl (C=O) groups is 1. The Balaban J connectivity index is 2.38. The largest absolute Gasteiger partial charge is 0.466 e. The van der Waals surface area contributed by atoms with E-state index in [1.807, 2.05) is 0 Å². The van der Waals surface area contributed by atoms with Crippen molar-refractivity contribution < 1.29 is 18.7 Å². The number of hydrogen-bond acceptors (Lipinski definition) is 5. The molecule has 1 aromatic carbocycles. The second kappa shape index (κ2) is 7.84. The third kappa shape index (κ3) is 3.74. The van der Waals surface area contributed by atoms with Crippen molar-refractivity contribution in [1.29, 1.82) is 5.26 Å².